The van der Waals surface area contributed by atoms with Crippen LogP contribution in [0.2, 0.25) is 0 Å². The van der Waals surface area contributed by atoms with E-state index in [1.807, 2.05) is 13.2 Å². The van der Waals surface area contributed by atoms with E-state index in [0.29, 0.717) is 6.04 Å². The maximum absolute atomic E-state index is 5.61. The van der Waals surface area contributed by atoms with Gasteiger partial charge in [0.1, 0.15) is 6.61 Å². The molecule has 1 saturated carbocycles. The highest BCUT2D eigenvalue weighted by atomic mass is 16.5. The van der Waals surface area contributed by atoms with Gasteiger partial charge in [-0.3, -0.25) is 4.68 Å². The topological polar surface area (TPSA) is 39.1 Å². The van der Waals surface area contributed by atoms with Gasteiger partial charge in [-0.05, 0) is 18.8 Å². The molecule has 1 aliphatic rings. The lowest BCUT2D eigenvalue weighted by atomic mass is 9.86. The summed E-state index contributed by atoms with van der Waals surface area (Å²) >= 11 is 0. The Labute approximate surface area is 103 Å². The lowest BCUT2D eigenvalue weighted by Crippen LogP contribution is -2.39. The van der Waals surface area contributed by atoms with Crippen molar-refractivity contribution in [2.45, 2.75) is 38.6 Å². The minimum absolute atomic E-state index is 0.682. The van der Waals surface area contributed by atoms with Crippen molar-refractivity contribution in [2.24, 2.45) is 13.0 Å². The molecule has 0 amide bonds. The smallest absolute Gasteiger partial charge is 0.157 e. The monoisotopic (exact) mass is 237 g/mol. The van der Waals surface area contributed by atoms with Gasteiger partial charge in [0.25, 0.3) is 0 Å². The molecule has 96 valence electrons. The van der Waals surface area contributed by atoms with E-state index < -0.39 is 0 Å². The third-order valence-electron chi connectivity index (χ3n) is 3.57. The fraction of sp³-hybridized carbons (Fsp3) is 0.769. The van der Waals surface area contributed by atoms with Gasteiger partial charge in [-0.1, -0.05) is 19.8 Å². The van der Waals surface area contributed by atoms with Crippen LogP contribution in [0, 0.1) is 5.92 Å². The van der Waals surface area contributed by atoms with Gasteiger partial charge < -0.3 is 10.1 Å². The lowest BCUT2D eigenvalue weighted by Gasteiger charge is -2.29. The first-order chi connectivity index (χ1) is 8.25. The van der Waals surface area contributed by atoms with E-state index in [1.165, 1.54) is 25.7 Å². The fourth-order valence-electron chi connectivity index (χ4n) is 2.51. The molecule has 1 aromatic heterocycles. The second-order valence-electron chi connectivity index (χ2n) is 5.02. The van der Waals surface area contributed by atoms with Gasteiger partial charge in [0.15, 0.2) is 5.75 Å². The van der Waals surface area contributed by atoms with E-state index in [0.717, 1.165) is 24.8 Å². The Hall–Kier alpha value is -1.03. The molecular formula is C13H23N3O. The molecule has 4 nitrogen and oxygen atoms in total. The maximum atomic E-state index is 5.61. The highest BCUT2D eigenvalue weighted by Gasteiger charge is 2.20. The molecule has 2 atom stereocenters. The highest BCUT2D eigenvalue weighted by Crippen LogP contribution is 2.23. The normalized spacial score (nSPS) is 24.8. The zero-order valence-electron chi connectivity index (χ0n) is 10.9. The minimum Gasteiger partial charge on any atom is -0.489 e. The van der Waals surface area contributed by atoms with E-state index in [2.05, 4.69) is 17.3 Å². The van der Waals surface area contributed by atoms with Gasteiger partial charge in [0.05, 0.1) is 12.4 Å². The summed E-state index contributed by atoms with van der Waals surface area (Å²) in [6, 6.07) is 0.682. The molecule has 0 saturated heterocycles. The Morgan fingerprint density at radius 1 is 1.47 bits per heavy atom. The zero-order chi connectivity index (χ0) is 12.1. The average molecular weight is 237 g/mol. The van der Waals surface area contributed by atoms with Crippen LogP contribution < -0.4 is 10.1 Å². The Morgan fingerprint density at radius 3 is 3.00 bits per heavy atom. The van der Waals surface area contributed by atoms with Crippen LogP contribution in [0.1, 0.15) is 32.6 Å². The molecule has 17 heavy (non-hydrogen) atoms. The summed E-state index contributed by atoms with van der Waals surface area (Å²) < 4.78 is 7.36. The predicted molar refractivity (Wildman–Crippen MR) is 68.1 cm³/mol. The summed E-state index contributed by atoms with van der Waals surface area (Å²) in [6.07, 6.45) is 9.08. The van der Waals surface area contributed by atoms with Crippen molar-refractivity contribution >= 4 is 0 Å². The first-order valence-electron chi connectivity index (χ1n) is 6.60. The highest BCUT2D eigenvalue weighted by molar-refractivity contribution is 5.11. The zero-order valence-corrected chi connectivity index (χ0v) is 10.9. The maximum Gasteiger partial charge on any atom is 0.157 e. The molecule has 0 bridgehead atoms. The van der Waals surface area contributed by atoms with Crippen LogP contribution in [0.4, 0.5) is 0 Å². The third-order valence-corrected chi connectivity index (χ3v) is 3.57. The van der Waals surface area contributed by atoms with Crippen molar-refractivity contribution in [1.29, 1.82) is 0 Å². The molecule has 0 aromatic carbocycles. The second-order valence-corrected chi connectivity index (χ2v) is 5.02. The van der Waals surface area contributed by atoms with Gasteiger partial charge in [-0.2, -0.15) is 5.10 Å². The summed E-state index contributed by atoms with van der Waals surface area (Å²) in [7, 11) is 1.90. The second kappa shape index (κ2) is 6.05. The molecule has 0 radical (unpaired) electrons. The number of aryl methyl sites for hydroxylation is 1. The molecule has 2 unspecified atom stereocenters. The molecule has 1 aromatic rings. The van der Waals surface area contributed by atoms with Gasteiger partial charge in [-0.25, -0.2) is 0 Å². The Morgan fingerprint density at radius 2 is 2.29 bits per heavy atom. The van der Waals surface area contributed by atoms with Crippen molar-refractivity contribution in [2.75, 3.05) is 13.2 Å². The summed E-state index contributed by atoms with van der Waals surface area (Å²) in [4.78, 5) is 0. The van der Waals surface area contributed by atoms with Crippen LogP contribution in [-0.2, 0) is 7.05 Å². The number of nitrogens with one attached hydrogen (secondary N) is 1. The van der Waals surface area contributed by atoms with Gasteiger partial charge in [-0.15, -0.1) is 0 Å². The molecule has 2 rings (SSSR count). The van der Waals surface area contributed by atoms with Crippen molar-refractivity contribution in [3.05, 3.63) is 12.4 Å². The average Bonchev–Trinajstić information content (AvgIpc) is 2.73. The van der Waals surface area contributed by atoms with E-state index in [4.69, 9.17) is 4.74 Å². The number of hydrogen-bond donors (Lipinski definition) is 1. The molecule has 4 heteroatoms. The summed E-state index contributed by atoms with van der Waals surface area (Å²) in [5.41, 5.74) is 0. The van der Waals surface area contributed by atoms with Crippen LogP contribution >= 0.6 is 0 Å². The molecule has 0 aliphatic heterocycles. The predicted octanol–water partition coefficient (Wildman–Crippen LogP) is 1.97. The van der Waals surface area contributed by atoms with Gasteiger partial charge in [0, 0.05) is 19.6 Å². The Bertz CT molecular complexity index is 337. The summed E-state index contributed by atoms with van der Waals surface area (Å²) in [6.45, 7) is 3.98. The molecule has 1 fully saturated rings. The van der Waals surface area contributed by atoms with Crippen LogP contribution in [-0.4, -0.2) is 29.0 Å². The van der Waals surface area contributed by atoms with E-state index in [9.17, 15) is 0 Å². The van der Waals surface area contributed by atoms with Crippen molar-refractivity contribution in [3.63, 3.8) is 0 Å². The van der Waals surface area contributed by atoms with E-state index in [-0.39, 0.29) is 0 Å². The Balaban J connectivity index is 1.62. The third kappa shape index (κ3) is 3.73. The van der Waals surface area contributed by atoms with Crippen LogP contribution in [0.25, 0.3) is 0 Å². The van der Waals surface area contributed by atoms with Crippen molar-refractivity contribution < 1.29 is 4.74 Å². The summed E-state index contributed by atoms with van der Waals surface area (Å²) in [5.74, 6) is 1.66. The molecular weight excluding hydrogens is 214 g/mol. The SMILES string of the molecule is CC1CCCCC1NCCOc1cnn(C)c1. The van der Waals surface area contributed by atoms with Crippen LogP contribution in [0.3, 0.4) is 0 Å². The number of ether oxygens (including phenoxy) is 1. The molecule has 1 aliphatic carbocycles. The molecule has 0 spiro atoms. The van der Waals surface area contributed by atoms with E-state index in [1.54, 1.807) is 10.9 Å². The van der Waals surface area contributed by atoms with Gasteiger partial charge in [0.2, 0.25) is 0 Å². The standard InChI is InChI=1S/C13H23N3O/c1-11-5-3-4-6-13(11)14-7-8-17-12-9-15-16(2)10-12/h9-11,13-14H,3-8H2,1-2H3. The molecule has 1 heterocycles. The van der Waals surface area contributed by atoms with Crippen molar-refractivity contribution in [3.8, 4) is 5.75 Å². The minimum atomic E-state index is 0.682. The largest absolute Gasteiger partial charge is 0.489 e. The molecule has 1 N–H and O–H groups in total. The van der Waals surface area contributed by atoms with Gasteiger partial charge >= 0.3 is 0 Å². The van der Waals surface area contributed by atoms with E-state index >= 15 is 0 Å². The quantitative estimate of drug-likeness (QED) is 0.796. The first kappa shape index (κ1) is 12.4. The number of hydrogen-bond acceptors (Lipinski definition) is 3. The number of rotatable bonds is 5. The fourth-order valence-corrected chi connectivity index (χ4v) is 2.51. The number of nitrogens with zero attached hydrogens (tertiary/aromatic N) is 2. The lowest BCUT2D eigenvalue weighted by molar-refractivity contribution is 0.251. The van der Waals surface area contributed by atoms with Crippen LogP contribution in [0.15, 0.2) is 12.4 Å². The summed E-state index contributed by atoms with van der Waals surface area (Å²) in [5, 5.41) is 7.66. The van der Waals surface area contributed by atoms with Crippen molar-refractivity contribution in [1.82, 2.24) is 15.1 Å². The van der Waals surface area contributed by atoms with Crippen LogP contribution in [0.5, 0.6) is 5.75 Å². The number of aromatic nitrogens is 2. The first-order valence-corrected chi connectivity index (χ1v) is 6.60. The Kier molecular flexibility index (Phi) is 4.42.